The molecule has 0 aromatic heterocycles. The summed E-state index contributed by atoms with van der Waals surface area (Å²) < 4.78 is 0. The van der Waals surface area contributed by atoms with E-state index in [1.165, 1.54) is 19.3 Å². The summed E-state index contributed by atoms with van der Waals surface area (Å²) in [5.74, 6) is 0.423. The summed E-state index contributed by atoms with van der Waals surface area (Å²) in [6.45, 7) is 0. The van der Waals surface area contributed by atoms with Gasteiger partial charge in [0.25, 0.3) is 0 Å². The molecule has 0 saturated heterocycles. The molecule has 19 heavy (non-hydrogen) atoms. The molecule has 1 fully saturated rings. The van der Waals surface area contributed by atoms with E-state index in [2.05, 4.69) is 12.1 Å². The summed E-state index contributed by atoms with van der Waals surface area (Å²) in [4.78, 5) is 0. The molecular weight excluding hydrogens is 231 g/mol. The number of hydrogen-bond acceptors (Lipinski definition) is 1. The fourth-order valence-corrected chi connectivity index (χ4v) is 3.23. The molecule has 1 N–H and O–H groups in total. The van der Waals surface area contributed by atoms with Crippen molar-refractivity contribution in [2.45, 2.75) is 38.2 Å². The minimum Gasteiger partial charge on any atom is -0.388 e. The Hall–Kier alpha value is -1.28. The van der Waals surface area contributed by atoms with Crippen molar-refractivity contribution >= 4 is 24.1 Å². The van der Waals surface area contributed by atoms with Gasteiger partial charge in [0, 0.05) is 0 Å². The third kappa shape index (κ3) is 2.55. The summed E-state index contributed by atoms with van der Waals surface area (Å²) in [5, 5.41) is 12.7. The SMILES string of the molecule is [B]c1cccc2cc(C(O)C3CCCCC3)ccc12. The van der Waals surface area contributed by atoms with Gasteiger partial charge < -0.3 is 5.11 Å². The largest absolute Gasteiger partial charge is 0.388 e. The summed E-state index contributed by atoms with van der Waals surface area (Å²) in [6.07, 6.45) is 5.79. The minimum absolute atomic E-state index is 0.328. The van der Waals surface area contributed by atoms with E-state index in [9.17, 15) is 5.11 Å². The molecule has 2 aromatic carbocycles. The van der Waals surface area contributed by atoms with Gasteiger partial charge in [0.05, 0.1) is 6.10 Å². The average Bonchev–Trinajstić information content (AvgIpc) is 2.47. The maximum absolute atomic E-state index is 10.5. The molecule has 2 aromatic rings. The number of hydrogen-bond donors (Lipinski definition) is 1. The van der Waals surface area contributed by atoms with Gasteiger partial charge in [-0.2, -0.15) is 0 Å². The molecule has 1 saturated carbocycles. The van der Waals surface area contributed by atoms with Crippen LogP contribution in [0.1, 0.15) is 43.8 Å². The van der Waals surface area contributed by atoms with E-state index in [0.29, 0.717) is 5.92 Å². The summed E-state index contributed by atoms with van der Waals surface area (Å²) in [7, 11) is 5.96. The molecule has 2 radical (unpaired) electrons. The number of benzene rings is 2. The first-order valence-electron chi connectivity index (χ1n) is 7.22. The third-order valence-corrected chi connectivity index (χ3v) is 4.38. The molecule has 0 heterocycles. The van der Waals surface area contributed by atoms with Gasteiger partial charge in [-0.25, -0.2) is 0 Å². The Morgan fingerprint density at radius 2 is 1.84 bits per heavy atom. The first-order chi connectivity index (χ1) is 9.25. The maximum Gasteiger partial charge on any atom is 0.114 e. The lowest BCUT2D eigenvalue weighted by Gasteiger charge is -2.27. The van der Waals surface area contributed by atoms with Crippen molar-refractivity contribution in [3.8, 4) is 0 Å². The fourth-order valence-electron chi connectivity index (χ4n) is 3.23. The van der Waals surface area contributed by atoms with Gasteiger partial charge in [0.1, 0.15) is 7.85 Å². The lowest BCUT2D eigenvalue weighted by atomic mass is 9.82. The zero-order chi connectivity index (χ0) is 13.2. The van der Waals surface area contributed by atoms with Crippen LogP contribution < -0.4 is 5.46 Å². The van der Waals surface area contributed by atoms with Crippen LogP contribution in [-0.2, 0) is 0 Å². The van der Waals surface area contributed by atoms with E-state index >= 15 is 0 Å². The summed E-state index contributed by atoms with van der Waals surface area (Å²) in [5.41, 5.74) is 1.83. The van der Waals surface area contributed by atoms with E-state index in [1.807, 2.05) is 24.3 Å². The molecule has 0 bridgehead atoms. The van der Waals surface area contributed by atoms with Crippen LogP contribution in [0.2, 0.25) is 0 Å². The topological polar surface area (TPSA) is 20.2 Å². The van der Waals surface area contributed by atoms with Crippen molar-refractivity contribution in [1.82, 2.24) is 0 Å². The lowest BCUT2D eigenvalue weighted by molar-refractivity contribution is 0.0849. The van der Waals surface area contributed by atoms with Crippen molar-refractivity contribution < 1.29 is 5.11 Å². The molecule has 1 unspecified atom stereocenters. The minimum atomic E-state index is -0.328. The second-order valence-electron chi connectivity index (χ2n) is 5.67. The van der Waals surface area contributed by atoms with Crippen molar-refractivity contribution in [3.05, 3.63) is 42.0 Å². The highest BCUT2D eigenvalue weighted by molar-refractivity contribution is 6.38. The smallest absolute Gasteiger partial charge is 0.114 e. The zero-order valence-corrected chi connectivity index (χ0v) is 11.2. The lowest BCUT2D eigenvalue weighted by Crippen LogP contribution is -2.16. The standard InChI is InChI=1S/C17H19BO/c18-16-8-4-7-13-11-14(9-10-15(13)16)17(19)12-5-2-1-3-6-12/h4,7-12,17,19H,1-3,5-6H2. The van der Waals surface area contributed by atoms with Gasteiger partial charge in [-0.05, 0) is 41.2 Å². The van der Waals surface area contributed by atoms with Gasteiger partial charge in [0.15, 0.2) is 0 Å². The number of aliphatic hydroxyl groups is 1. The van der Waals surface area contributed by atoms with E-state index < -0.39 is 0 Å². The predicted octanol–water partition coefficient (Wildman–Crippen LogP) is 3.25. The first kappa shape index (κ1) is 12.7. The van der Waals surface area contributed by atoms with E-state index in [0.717, 1.165) is 34.6 Å². The fraction of sp³-hybridized carbons (Fsp3) is 0.412. The van der Waals surface area contributed by atoms with Crippen LogP contribution in [0.25, 0.3) is 10.8 Å². The predicted molar refractivity (Wildman–Crippen MR) is 80.9 cm³/mol. The first-order valence-corrected chi connectivity index (χ1v) is 7.22. The van der Waals surface area contributed by atoms with Crippen LogP contribution in [-0.4, -0.2) is 13.0 Å². The molecule has 1 aliphatic carbocycles. The van der Waals surface area contributed by atoms with E-state index in [1.54, 1.807) is 0 Å². The number of rotatable bonds is 2. The second-order valence-corrected chi connectivity index (χ2v) is 5.67. The van der Waals surface area contributed by atoms with Crippen LogP contribution in [0.15, 0.2) is 36.4 Å². The molecule has 96 valence electrons. The molecule has 1 atom stereocenters. The number of aliphatic hydroxyl groups excluding tert-OH is 1. The van der Waals surface area contributed by atoms with Gasteiger partial charge in [0.2, 0.25) is 0 Å². The van der Waals surface area contributed by atoms with Crippen LogP contribution in [0.5, 0.6) is 0 Å². The average molecular weight is 250 g/mol. The summed E-state index contributed by atoms with van der Waals surface area (Å²) >= 11 is 0. The van der Waals surface area contributed by atoms with Crippen molar-refractivity contribution in [2.75, 3.05) is 0 Å². The molecule has 2 heteroatoms. The highest BCUT2D eigenvalue weighted by atomic mass is 16.3. The maximum atomic E-state index is 10.5. The molecular formula is C17H19BO. The van der Waals surface area contributed by atoms with Gasteiger partial charge >= 0.3 is 0 Å². The van der Waals surface area contributed by atoms with E-state index in [-0.39, 0.29) is 6.10 Å². The van der Waals surface area contributed by atoms with Gasteiger partial charge in [-0.3, -0.25) is 0 Å². The Kier molecular flexibility index (Phi) is 3.61. The molecule has 0 amide bonds. The van der Waals surface area contributed by atoms with Crippen LogP contribution >= 0.6 is 0 Å². The Morgan fingerprint density at radius 1 is 1.05 bits per heavy atom. The number of fused-ring (bicyclic) bond motifs is 1. The Balaban J connectivity index is 1.92. The Morgan fingerprint density at radius 3 is 2.63 bits per heavy atom. The molecule has 0 aliphatic heterocycles. The van der Waals surface area contributed by atoms with Crippen molar-refractivity contribution in [2.24, 2.45) is 5.92 Å². The van der Waals surface area contributed by atoms with E-state index in [4.69, 9.17) is 7.85 Å². The third-order valence-electron chi connectivity index (χ3n) is 4.38. The van der Waals surface area contributed by atoms with Gasteiger partial charge in [-0.1, -0.05) is 55.1 Å². The molecule has 3 rings (SSSR count). The Bertz CT molecular complexity index is 572. The van der Waals surface area contributed by atoms with Crippen molar-refractivity contribution in [3.63, 3.8) is 0 Å². The summed E-state index contributed by atoms with van der Waals surface area (Å²) in [6, 6.07) is 12.1. The highest BCUT2D eigenvalue weighted by Gasteiger charge is 2.23. The highest BCUT2D eigenvalue weighted by Crippen LogP contribution is 2.35. The molecule has 0 spiro atoms. The normalized spacial score (nSPS) is 18.6. The Labute approximate surface area is 116 Å². The molecule has 1 nitrogen and oxygen atoms in total. The van der Waals surface area contributed by atoms with Gasteiger partial charge in [-0.15, -0.1) is 0 Å². The second kappa shape index (κ2) is 5.38. The van der Waals surface area contributed by atoms with Crippen LogP contribution in [0.4, 0.5) is 0 Å². The van der Waals surface area contributed by atoms with Crippen molar-refractivity contribution in [1.29, 1.82) is 0 Å². The molecule has 1 aliphatic rings. The quantitative estimate of drug-likeness (QED) is 0.811. The van der Waals surface area contributed by atoms with Crippen LogP contribution in [0, 0.1) is 5.92 Å². The monoisotopic (exact) mass is 250 g/mol. The van der Waals surface area contributed by atoms with Crippen LogP contribution in [0.3, 0.4) is 0 Å². The zero-order valence-electron chi connectivity index (χ0n) is 11.2.